The van der Waals surface area contributed by atoms with E-state index in [1.165, 1.54) is 44.2 Å². The van der Waals surface area contributed by atoms with Crippen LogP contribution in [-0.4, -0.2) is 24.9 Å². The van der Waals surface area contributed by atoms with E-state index in [0.29, 0.717) is 23.2 Å². The van der Waals surface area contributed by atoms with Crippen LogP contribution in [0.25, 0.3) is 214 Å². The second kappa shape index (κ2) is 23.3. The third-order valence-corrected chi connectivity index (χ3v) is 21.8. The van der Waals surface area contributed by atoms with Crippen LogP contribution < -0.4 is 0 Å². The van der Waals surface area contributed by atoms with Gasteiger partial charge in [0.25, 0.3) is 0 Å². The lowest BCUT2D eigenvalue weighted by molar-refractivity contribution is 0.661. The molecular weight excluding hydrogens is 1280 g/mol. The molecule has 0 spiro atoms. The first-order valence-corrected chi connectivity index (χ1v) is 35.5. The molecule has 8 heteroatoms. The lowest BCUT2D eigenvalue weighted by Crippen LogP contribution is -2.15. The maximum absolute atomic E-state index is 7.63. The summed E-state index contributed by atoms with van der Waals surface area (Å²) in [5, 5.41) is 19.8. The van der Waals surface area contributed by atoms with Crippen molar-refractivity contribution < 1.29 is 8.83 Å². The van der Waals surface area contributed by atoms with Crippen LogP contribution in [0.1, 0.15) is 25.0 Å². The standard InChI is InChI=1S/C49H30N2O.C48H28N4O/c1-49(2)40-26-28(20-22-30(40)31-23-21-29(50-3)27-41(31)49)44-33-13-4-6-15-35(33)45(36-16-7-5-14-34(36)44)47-39-25-24-37-32-12-9-11-19-43(32)52-48(37)46(39)38-17-8-10-18-42(38)51-47;1-3-15-29(16-4-1)46-50-47(30-17-5-2-6-18-30)52-48(51-46)43-34-22-9-7-20-32(34)41(33-21-8-10-23-35(33)43)44-38-28-27-36-31-19-12-14-26-40(31)53-45(36)42(38)37-24-11-13-25-39(37)49-44/h4-27H,1-2H3;1-28H. The number of benzene rings is 16. The predicted molar refractivity (Wildman–Crippen MR) is 433 cm³/mol. The number of hydrogen-bond donors (Lipinski definition) is 0. The SMILES string of the molecule is [C-]#[N+]c1ccc2c(c1)C(C)(C)c1cc(-c3c4ccccc4c(-c4nc5ccccc5c5c4ccc4c6ccccc6oc45)c4ccccc34)ccc1-2.c1ccc(-c2nc(-c3ccccc3)nc(-c3c4ccccc4c(-c4nc5ccccc5c5c4ccc4c6ccccc6oc45)c4ccccc34)n2)cc1. The number of furan rings is 2. The Bertz CT molecular complexity index is 7160. The van der Waals surface area contributed by atoms with Gasteiger partial charge in [0, 0.05) is 87.1 Å². The van der Waals surface area contributed by atoms with Crippen molar-refractivity contribution in [1.82, 2.24) is 24.9 Å². The summed E-state index contributed by atoms with van der Waals surface area (Å²) in [6, 6.07) is 110. The zero-order chi connectivity index (χ0) is 69.6. The summed E-state index contributed by atoms with van der Waals surface area (Å²) in [4.78, 5) is 30.1. The molecule has 0 unspecified atom stereocenters. The van der Waals surface area contributed by atoms with Crippen LogP contribution in [0, 0.1) is 6.57 Å². The molecule has 21 aromatic rings. The Morgan fingerprint density at radius 2 is 0.629 bits per heavy atom. The maximum Gasteiger partial charge on any atom is 0.187 e. The Morgan fingerprint density at radius 3 is 1.08 bits per heavy atom. The van der Waals surface area contributed by atoms with Crippen LogP contribution in [0.15, 0.2) is 324 Å². The first-order chi connectivity index (χ1) is 51.8. The number of hydrogen-bond acceptors (Lipinski definition) is 7. The molecule has 22 rings (SSSR count). The van der Waals surface area contributed by atoms with Crippen LogP contribution in [0.3, 0.4) is 0 Å². The van der Waals surface area contributed by atoms with Gasteiger partial charge in [-0.2, -0.15) is 0 Å². The van der Waals surface area contributed by atoms with Gasteiger partial charge >= 0.3 is 0 Å². The molecule has 0 fully saturated rings. The Balaban J connectivity index is 0.000000135. The fourth-order valence-corrected chi connectivity index (χ4v) is 17.0. The first kappa shape index (κ1) is 59.8. The van der Waals surface area contributed by atoms with Crippen LogP contribution in [0.4, 0.5) is 5.69 Å². The van der Waals surface area contributed by atoms with E-state index in [2.05, 4.69) is 249 Å². The molecule has 488 valence electrons. The number of aromatic nitrogens is 5. The van der Waals surface area contributed by atoms with Crippen molar-refractivity contribution in [2.75, 3.05) is 0 Å². The Labute approximate surface area is 602 Å². The van der Waals surface area contributed by atoms with Gasteiger partial charge in [0.2, 0.25) is 0 Å². The Hall–Kier alpha value is -14.0. The largest absolute Gasteiger partial charge is 0.455 e. The number of rotatable bonds is 6. The van der Waals surface area contributed by atoms with Crippen LogP contribution >= 0.6 is 0 Å². The second-order valence-corrected chi connectivity index (χ2v) is 27.8. The molecule has 0 atom stereocenters. The summed E-state index contributed by atoms with van der Waals surface area (Å²) >= 11 is 0. The van der Waals surface area contributed by atoms with Crippen LogP contribution in [-0.2, 0) is 5.41 Å². The Morgan fingerprint density at radius 1 is 0.276 bits per heavy atom. The third kappa shape index (κ3) is 9.15. The number of fused-ring (bicyclic) bond motifs is 21. The van der Waals surface area contributed by atoms with Gasteiger partial charge in [-0.3, -0.25) is 0 Å². The maximum atomic E-state index is 7.63. The van der Waals surface area contributed by atoms with Gasteiger partial charge in [0.15, 0.2) is 23.2 Å². The summed E-state index contributed by atoms with van der Waals surface area (Å²) in [5.74, 6) is 1.88. The van der Waals surface area contributed by atoms with Crippen molar-refractivity contribution in [1.29, 1.82) is 0 Å². The lowest BCUT2D eigenvalue weighted by atomic mass is 9.80. The average Bonchev–Trinajstić information content (AvgIpc) is 1.67. The molecule has 0 amide bonds. The number of pyridine rings is 2. The smallest absolute Gasteiger partial charge is 0.187 e. The van der Waals surface area contributed by atoms with Crippen LogP contribution in [0.5, 0.6) is 0 Å². The molecule has 0 radical (unpaired) electrons. The molecule has 1 aliphatic carbocycles. The van der Waals surface area contributed by atoms with Crippen molar-refractivity contribution in [3.8, 4) is 78.9 Å². The summed E-state index contributed by atoms with van der Waals surface area (Å²) in [6.07, 6.45) is 0. The van der Waals surface area contributed by atoms with E-state index in [9.17, 15) is 0 Å². The van der Waals surface area contributed by atoms with Crippen molar-refractivity contribution in [2.45, 2.75) is 19.3 Å². The van der Waals surface area contributed by atoms with Crippen molar-refractivity contribution >= 4 is 136 Å². The minimum absolute atomic E-state index is 0.233. The second-order valence-electron chi connectivity index (χ2n) is 27.8. The summed E-state index contributed by atoms with van der Waals surface area (Å²) in [5.41, 5.74) is 20.1. The van der Waals surface area contributed by atoms with E-state index in [4.69, 9.17) is 40.3 Å². The summed E-state index contributed by atoms with van der Waals surface area (Å²) < 4.78 is 13.3. The summed E-state index contributed by atoms with van der Waals surface area (Å²) in [7, 11) is 0. The van der Waals surface area contributed by atoms with Gasteiger partial charge in [-0.15, -0.1) is 0 Å². The fraction of sp³-hybridized carbons (Fsp3) is 0.0309. The predicted octanol–water partition coefficient (Wildman–Crippen LogP) is 26.2. The van der Waals surface area contributed by atoms with Gasteiger partial charge in [-0.1, -0.05) is 287 Å². The summed E-state index contributed by atoms with van der Waals surface area (Å²) in [6.45, 7) is 12.2. The van der Waals surface area contributed by atoms with Gasteiger partial charge in [0.1, 0.15) is 22.3 Å². The minimum atomic E-state index is -0.233. The monoisotopic (exact) mass is 1340 g/mol. The lowest BCUT2D eigenvalue weighted by Gasteiger charge is -2.23. The average molecular weight is 1340 g/mol. The van der Waals surface area contributed by atoms with Crippen LogP contribution in [0.2, 0.25) is 0 Å². The van der Waals surface area contributed by atoms with E-state index in [1.807, 2.05) is 84.9 Å². The molecule has 5 heterocycles. The van der Waals surface area contributed by atoms with E-state index >= 15 is 0 Å². The van der Waals surface area contributed by atoms with Gasteiger partial charge < -0.3 is 8.83 Å². The molecule has 5 aromatic heterocycles. The highest BCUT2D eigenvalue weighted by Crippen LogP contribution is 2.54. The van der Waals surface area contributed by atoms with Crippen molar-refractivity contribution in [3.63, 3.8) is 0 Å². The normalized spacial score (nSPS) is 12.5. The van der Waals surface area contributed by atoms with E-state index in [-0.39, 0.29) is 5.41 Å². The van der Waals surface area contributed by atoms with E-state index < -0.39 is 0 Å². The molecular formula is C97H58N6O2. The molecule has 0 bridgehead atoms. The molecule has 8 nitrogen and oxygen atoms in total. The van der Waals surface area contributed by atoms with E-state index in [0.717, 1.165) is 159 Å². The molecule has 0 aliphatic heterocycles. The number of nitrogens with zero attached hydrogens (tertiary/aromatic N) is 6. The van der Waals surface area contributed by atoms with Crippen molar-refractivity contribution in [2.24, 2.45) is 0 Å². The number of para-hydroxylation sites is 4. The molecule has 1 aliphatic rings. The van der Waals surface area contributed by atoms with E-state index in [1.54, 1.807) is 0 Å². The quantitative estimate of drug-likeness (QED) is 0.0930. The zero-order valence-corrected chi connectivity index (χ0v) is 57.0. The molecule has 0 N–H and O–H groups in total. The van der Waals surface area contributed by atoms with Gasteiger partial charge in [-0.05, 0) is 119 Å². The highest BCUT2D eigenvalue weighted by molar-refractivity contribution is 6.31. The molecule has 16 aromatic carbocycles. The highest BCUT2D eigenvalue weighted by atomic mass is 16.3. The molecule has 0 saturated carbocycles. The highest BCUT2D eigenvalue weighted by Gasteiger charge is 2.36. The first-order valence-electron chi connectivity index (χ1n) is 35.5. The fourth-order valence-electron chi connectivity index (χ4n) is 17.0. The Kier molecular flexibility index (Phi) is 13.3. The zero-order valence-electron chi connectivity index (χ0n) is 57.0. The third-order valence-electron chi connectivity index (χ3n) is 21.8. The van der Waals surface area contributed by atoms with Gasteiger partial charge in [-0.25, -0.2) is 29.8 Å². The molecule has 105 heavy (non-hydrogen) atoms. The molecule has 0 saturated heterocycles. The van der Waals surface area contributed by atoms with Crippen molar-refractivity contribution in [3.05, 3.63) is 338 Å². The topological polar surface area (TPSA) is 95.1 Å². The minimum Gasteiger partial charge on any atom is -0.455 e. The van der Waals surface area contributed by atoms with Gasteiger partial charge in [0.05, 0.1) is 29.0 Å².